The number of morpholine rings is 1. The van der Waals surface area contributed by atoms with Gasteiger partial charge >= 0.3 is 5.69 Å². The van der Waals surface area contributed by atoms with Gasteiger partial charge < -0.3 is 9.47 Å². The predicted molar refractivity (Wildman–Crippen MR) is 144 cm³/mol. The third-order valence-electron chi connectivity index (χ3n) is 7.40. The summed E-state index contributed by atoms with van der Waals surface area (Å²) in [7, 11) is 1.36. The Labute approximate surface area is 227 Å². The molecule has 0 radical (unpaired) electrons. The Kier molecular flexibility index (Phi) is 7.68. The van der Waals surface area contributed by atoms with E-state index in [9.17, 15) is 14.0 Å². The summed E-state index contributed by atoms with van der Waals surface area (Å²) < 4.78 is 27.4. The number of benzene rings is 1. The van der Waals surface area contributed by atoms with Gasteiger partial charge in [0.05, 0.1) is 32.4 Å². The van der Waals surface area contributed by atoms with E-state index in [2.05, 4.69) is 15.0 Å². The molecule has 208 valence electrons. The second-order valence-electron chi connectivity index (χ2n) is 11.7. The predicted octanol–water partition coefficient (Wildman–Crippen LogP) is 3.52. The Morgan fingerprint density at radius 3 is 2.54 bits per heavy atom. The molecule has 9 nitrogen and oxygen atoms in total. The third kappa shape index (κ3) is 5.96. The fraction of sp³-hybridized carbons (Fsp3) is 0.517. The van der Waals surface area contributed by atoms with Crippen molar-refractivity contribution < 1.29 is 18.7 Å². The summed E-state index contributed by atoms with van der Waals surface area (Å²) in [4.78, 5) is 33.5. The van der Waals surface area contributed by atoms with Crippen LogP contribution in [0.25, 0.3) is 11.5 Å². The molecule has 5 rings (SSSR count). The van der Waals surface area contributed by atoms with Crippen LogP contribution in [0.2, 0.25) is 0 Å². The van der Waals surface area contributed by atoms with Crippen LogP contribution in [0.15, 0.2) is 41.3 Å². The van der Waals surface area contributed by atoms with Gasteiger partial charge in [-0.1, -0.05) is 26.8 Å². The van der Waals surface area contributed by atoms with E-state index in [-0.39, 0.29) is 29.2 Å². The molecule has 39 heavy (non-hydrogen) atoms. The van der Waals surface area contributed by atoms with Crippen molar-refractivity contribution in [1.82, 2.24) is 24.2 Å². The number of aromatic nitrogens is 4. The summed E-state index contributed by atoms with van der Waals surface area (Å²) in [6, 6.07) is 8.86. The lowest BCUT2D eigenvalue weighted by Crippen LogP contribution is -2.46. The highest BCUT2D eigenvalue weighted by molar-refractivity contribution is 5.80. The first-order valence-electron chi connectivity index (χ1n) is 13.5. The molecule has 0 amide bonds. The lowest BCUT2D eigenvalue weighted by molar-refractivity contribution is -0.120. The number of ether oxygens (including phenoxy) is 2. The molecule has 10 heteroatoms. The first kappa shape index (κ1) is 27.2. The molecule has 4 heterocycles. The molecule has 2 atom stereocenters. The molecular weight excluding hydrogens is 501 g/mol. The monoisotopic (exact) mass is 537 g/mol. The number of carbonyl (C=O) groups is 1. The van der Waals surface area contributed by atoms with E-state index >= 15 is 0 Å². The van der Waals surface area contributed by atoms with Crippen LogP contribution in [0.3, 0.4) is 0 Å². The van der Waals surface area contributed by atoms with Gasteiger partial charge in [0, 0.05) is 37.3 Å². The van der Waals surface area contributed by atoms with Gasteiger partial charge in [-0.15, -0.1) is 5.10 Å². The van der Waals surface area contributed by atoms with Crippen LogP contribution in [-0.4, -0.2) is 69.0 Å². The van der Waals surface area contributed by atoms with Gasteiger partial charge in [0.15, 0.2) is 17.4 Å². The van der Waals surface area contributed by atoms with E-state index in [1.54, 1.807) is 12.3 Å². The average Bonchev–Trinajstić information content (AvgIpc) is 3.31. The number of pyridine rings is 1. The highest BCUT2D eigenvalue weighted by Crippen LogP contribution is 2.29. The van der Waals surface area contributed by atoms with E-state index in [0.29, 0.717) is 30.0 Å². The van der Waals surface area contributed by atoms with Crippen LogP contribution < -0.4 is 10.4 Å². The molecule has 2 fully saturated rings. The van der Waals surface area contributed by atoms with Crippen molar-refractivity contribution in [3.8, 4) is 17.3 Å². The molecule has 0 aliphatic carbocycles. The second-order valence-corrected chi connectivity index (χ2v) is 11.7. The maximum atomic E-state index is 14.1. The number of nitrogens with zero attached hydrogens (tertiary/aromatic N) is 5. The Bertz CT molecular complexity index is 1380. The maximum absolute atomic E-state index is 14.1. The first-order valence-corrected chi connectivity index (χ1v) is 13.5. The van der Waals surface area contributed by atoms with Gasteiger partial charge in [-0.25, -0.2) is 18.7 Å². The molecule has 2 unspecified atom stereocenters. The number of Topliss-reactive ketones (excluding diaryl/α,β-unsaturated/α-hetero) is 1. The lowest BCUT2D eigenvalue weighted by atomic mass is 9.89. The fourth-order valence-corrected chi connectivity index (χ4v) is 5.58. The van der Waals surface area contributed by atoms with E-state index in [4.69, 9.17) is 9.47 Å². The molecule has 0 N–H and O–H groups in total. The van der Waals surface area contributed by atoms with Gasteiger partial charge in [0.1, 0.15) is 11.6 Å². The topological polar surface area (TPSA) is 91.5 Å². The number of methoxy groups -OCH3 is 1. The quantitative estimate of drug-likeness (QED) is 0.413. The second kappa shape index (κ2) is 11.0. The Morgan fingerprint density at radius 2 is 1.90 bits per heavy atom. The van der Waals surface area contributed by atoms with E-state index in [0.717, 1.165) is 31.7 Å². The smallest absolute Gasteiger partial charge is 0.356 e. The first-order chi connectivity index (χ1) is 18.6. The van der Waals surface area contributed by atoms with Crippen LogP contribution in [-0.2, 0) is 22.4 Å². The van der Waals surface area contributed by atoms with E-state index in [1.807, 2.05) is 26.8 Å². The van der Waals surface area contributed by atoms with E-state index < -0.39 is 11.5 Å². The van der Waals surface area contributed by atoms with Crippen molar-refractivity contribution in [2.75, 3.05) is 26.9 Å². The summed E-state index contributed by atoms with van der Waals surface area (Å²) in [6.45, 7) is 8.50. The SMILES string of the molecule is COc1cc(-n2c(CC(=O)CC(C)(C)C)nn(-c3ccc(CCN4C5CCC4COC5)cn3)c2=O)ccc1F. The van der Waals surface area contributed by atoms with Gasteiger partial charge in [0.25, 0.3) is 0 Å². The lowest BCUT2D eigenvalue weighted by Gasteiger charge is -2.34. The van der Waals surface area contributed by atoms with Crippen molar-refractivity contribution in [2.24, 2.45) is 5.41 Å². The average molecular weight is 538 g/mol. The number of rotatable bonds is 9. The molecule has 0 spiro atoms. The minimum Gasteiger partial charge on any atom is -0.494 e. The minimum atomic E-state index is -0.547. The molecule has 2 aliphatic rings. The van der Waals surface area contributed by atoms with Crippen molar-refractivity contribution in [2.45, 2.75) is 65.0 Å². The Morgan fingerprint density at radius 1 is 1.15 bits per heavy atom. The molecule has 3 aromatic rings. The van der Waals surface area contributed by atoms with Crippen molar-refractivity contribution in [3.63, 3.8) is 0 Å². The number of halogens is 1. The molecule has 2 aromatic heterocycles. The number of hydrogen-bond donors (Lipinski definition) is 0. The molecule has 1 aromatic carbocycles. The van der Waals surface area contributed by atoms with Crippen LogP contribution in [0.4, 0.5) is 4.39 Å². The third-order valence-corrected chi connectivity index (χ3v) is 7.40. The minimum absolute atomic E-state index is 0.00435. The highest BCUT2D eigenvalue weighted by Gasteiger charge is 2.36. The number of hydrogen-bond acceptors (Lipinski definition) is 7. The highest BCUT2D eigenvalue weighted by atomic mass is 19.1. The maximum Gasteiger partial charge on any atom is 0.356 e. The van der Waals surface area contributed by atoms with Crippen LogP contribution in [0.1, 0.15) is 51.4 Å². The normalized spacial score (nSPS) is 19.4. The fourth-order valence-electron chi connectivity index (χ4n) is 5.58. The summed E-state index contributed by atoms with van der Waals surface area (Å²) in [5.41, 5.74) is 0.732. The summed E-state index contributed by atoms with van der Waals surface area (Å²) in [5.74, 6) is 0.0178. The van der Waals surface area contributed by atoms with Gasteiger partial charge in [0.2, 0.25) is 0 Å². The van der Waals surface area contributed by atoms with Crippen molar-refractivity contribution in [1.29, 1.82) is 0 Å². The Balaban J connectivity index is 1.42. The van der Waals surface area contributed by atoms with Crippen molar-refractivity contribution >= 4 is 5.78 Å². The molecule has 2 aliphatic heterocycles. The van der Waals surface area contributed by atoms with Crippen LogP contribution in [0.5, 0.6) is 5.75 Å². The summed E-state index contributed by atoms with van der Waals surface area (Å²) in [5, 5.41) is 4.51. The van der Waals surface area contributed by atoms with Gasteiger partial charge in [-0.2, -0.15) is 4.68 Å². The zero-order chi connectivity index (χ0) is 27.7. The molecule has 0 saturated carbocycles. The number of ketones is 1. The zero-order valence-corrected chi connectivity index (χ0v) is 23.0. The van der Waals surface area contributed by atoms with Crippen molar-refractivity contribution in [3.05, 3.63) is 64.2 Å². The molecular formula is C29H36FN5O4. The molecule has 2 saturated heterocycles. The summed E-state index contributed by atoms with van der Waals surface area (Å²) in [6.07, 6.45) is 5.29. The number of carbonyl (C=O) groups excluding carboxylic acids is 1. The molecule has 2 bridgehead atoms. The standard InChI is InChI=1S/C29H36FN5O4/c1-29(2,3)15-23(36)14-27-32-35(28(37)34(27)20-8-9-24(30)25(13-20)38-4)26-10-5-19(16-31-26)11-12-33-21-6-7-22(33)18-39-17-21/h5,8-10,13,16,21-22H,6-7,11-12,14-15,17-18H2,1-4H3. The Hall–Kier alpha value is -3.37. The van der Waals surface area contributed by atoms with Crippen LogP contribution >= 0.6 is 0 Å². The largest absolute Gasteiger partial charge is 0.494 e. The van der Waals surface area contributed by atoms with Gasteiger partial charge in [-0.05, 0) is 48.4 Å². The van der Waals surface area contributed by atoms with Crippen LogP contribution in [0, 0.1) is 11.2 Å². The van der Waals surface area contributed by atoms with Gasteiger partial charge in [-0.3, -0.25) is 9.69 Å². The summed E-state index contributed by atoms with van der Waals surface area (Å²) >= 11 is 0. The number of fused-ring (bicyclic) bond motifs is 2. The van der Waals surface area contributed by atoms with E-state index in [1.165, 1.54) is 47.4 Å². The zero-order valence-electron chi connectivity index (χ0n) is 23.0.